The maximum atomic E-state index is 12.7. The number of benzene rings is 2. The summed E-state index contributed by atoms with van der Waals surface area (Å²) in [7, 11) is 0. The van der Waals surface area contributed by atoms with E-state index in [1.54, 1.807) is 0 Å². The summed E-state index contributed by atoms with van der Waals surface area (Å²) in [4.78, 5) is 14.6. The topological polar surface area (TPSA) is 24.2 Å². The molecule has 0 unspecified atom stereocenters. The number of fused-ring (bicyclic) bond motifs is 1. The first-order valence-electron chi connectivity index (χ1n) is 8.24. The number of carbonyl (C=O) groups excluding carboxylic acids is 1. The highest BCUT2D eigenvalue weighted by Gasteiger charge is 2.26. The van der Waals surface area contributed by atoms with Crippen molar-refractivity contribution >= 4 is 11.6 Å². The fraction of sp³-hybridized carbons (Fsp3) is 0.143. The summed E-state index contributed by atoms with van der Waals surface area (Å²) in [5.74, 6) is 0.134. The van der Waals surface area contributed by atoms with E-state index in [0.29, 0.717) is 6.54 Å². The Morgan fingerprint density at radius 3 is 2.54 bits per heavy atom. The van der Waals surface area contributed by atoms with E-state index in [1.165, 1.54) is 5.56 Å². The van der Waals surface area contributed by atoms with Crippen LogP contribution in [0.1, 0.15) is 5.56 Å². The first kappa shape index (κ1) is 14.6. The molecule has 0 radical (unpaired) electrons. The predicted molar refractivity (Wildman–Crippen MR) is 94.6 cm³/mol. The Hall–Kier alpha value is -2.94. The minimum Gasteiger partial charge on any atom is -0.306 e. The molecule has 0 bridgehead atoms. The molecule has 1 aliphatic heterocycles. The first-order valence-corrected chi connectivity index (χ1v) is 8.24. The highest BCUT2D eigenvalue weighted by molar-refractivity contribution is 5.94. The van der Waals surface area contributed by atoms with Gasteiger partial charge in [0, 0.05) is 23.9 Å². The van der Waals surface area contributed by atoms with Crippen LogP contribution in [0.2, 0.25) is 0 Å². The van der Waals surface area contributed by atoms with Gasteiger partial charge in [-0.3, -0.25) is 4.79 Å². The van der Waals surface area contributed by atoms with Crippen molar-refractivity contribution in [2.75, 3.05) is 11.4 Å². The Balaban J connectivity index is 1.55. The minimum atomic E-state index is 0.134. The van der Waals surface area contributed by atoms with E-state index >= 15 is 0 Å². The van der Waals surface area contributed by atoms with E-state index in [0.717, 1.165) is 29.8 Å². The molecule has 0 fully saturated rings. The number of anilines is 1. The van der Waals surface area contributed by atoms with Crippen molar-refractivity contribution in [3.63, 3.8) is 0 Å². The van der Waals surface area contributed by atoms with Crippen LogP contribution in [-0.2, 0) is 17.8 Å². The first-order chi connectivity index (χ1) is 11.8. The van der Waals surface area contributed by atoms with E-state index in [4.69, 9.17) is 0 Å². The lowest BCUT2D eigenvalue weighted by Gasteiger charge is -2.15. The highest BCUT2D eigenvalue weighted by Crippen LogP contribution is 2.27. The zero-order valence-electron chi connectivity index (χ0n) is 13.4. The molecule has 2 heterocycles. The van der Waals surface area contributed by atoms with Crippen LogP contribution in [0.25, 0.3) is 11.1 Å². The van der Waals surface area contributed by atoms with Gasteiger partial charge in [-0.25, -0.2) is 0 Å². The van der Waals surface area contributed by atoms with Gasteiger partial charge in [0.25, 0.3) is 5.91 Å². The summed E-state index contributed by atoms with van der Waals surface area (Å²) in [6.45, 7) is 1.13. The summed E-state index contributed by atoms with van der Waals surface area (Å²) < 4.78 is 1.96. The van der Waals surface area contributed by atoms with Crippen LogP contribution in [0.15, 0.2) is 79.1 Å². The molecule has 0 N–H and O–H groups in total. The van der Waals surface area contributed by atoms with E-state index < -0.39 is 0 Å². The van der Waals surface area contributed by atoms with Crippen molar-refractivity contribution < 1.29 is 9.36 Å². The number of carbonyl (C=O) groups is 1. The number of amides is 1. The number of nitrogens with zero attached hydrogens (tertiary/aromatic N) is 2. The van der Waals surface area contributed by atoms with Gasteiger partial charge in [-0.1, -0.05) is 48.5 Å². The maximum absolute atomic E-state index is 12.7. The van der Waals surface area contributed by atoms with Crippen LogP contribution in [0.5, 0.6) is 0 Å². The van der Waals surface area contributed by atoms with Gasteiger partial charge in [-0.2, -0.15) is 4.57 Å². The summed E-state index contributed by atoms with van der Waals surface area (Å²) in [6, 6.07) is 22.5. The smallest absolute Gasteiger partial charge is 0.292 e. The van der Waals surface area contributed by atoms with Crippen LogP contribution in [0, 0.1) is 0 Å². The molecule has 2 aromatic carbocycles. The Morgan fingerprint density at radius 1 is 0.917 bits per heavy atom. The second kappa shape index (κ2) is 6.28. The monoisotopic (exact) mass is 315 g/mol. The molecule has 0 saturated heterocycles. The Morgan fingerprint density at radius 2 is 1.67 bits per heavy atom. The van der Waals surface area contributed by atoms with E-state index in [1.807, 2.05) is 64.3 Å². The predicted octanol–water partition coefficient (Wildman–Crippen LogP) is 3.23. The molecule has 1 amide bonds. The molecule has 1 aromatic heterocycles. The molecule has 1 aliphatic rings. The lowest BCUT2D eigenvalue weighted by atomic mass is 10.1. The van der Waals surface area contributed by atoms with Crippen molar-refractivity contribution in [3.05, 3.63) is 84.7 Å². The van der Waals surface area contributed by atoms with Crippen LogP contribution in [-0.4, -0.2) is 12.5 Å². The minimum absolute atomic E-state index is 0.134. The number of hydrogen-bond donors (Lipinski definition) is 0. The molecule has 0 saturated carbocycles. The Kier molecular flexibility index (Phi) is 3.83. The van der Waals surface area contributed by atoms with E-state index in [2.05, 4.69) is 24.3 Å². The third-order valence-corrected chi connectivity index (χ3v) is 4.47. The third kappa shape index (κ3) is 2.81. The summed E-state index contributed by atoms with van der Waals surface area (Å²) >= 11 is 0. The van der Waals surface area contributed by atoms with Gasteiger partial charge >= 0.3 is 0 Å². The third-order valence-electron chi connectivity index (χ3n) is 4.47. The number of pyridine rings is 1. The molecule has 3 nitrogen and oxygen atoms in total. The molecule has 0 aliphatic carbocycles. The lowest BCUT2D eigenvalue weighted by Crippen LogP contribution is -2.44. The second-order valence-electron chi connectivity index (χ2n) is 6.06. The molecule has 3 aromatic rings. The molecule has 118 valence electrons. The normalized spacial score (nSPS) is 12.9. The van der Waals surface area contributed by atoms with Crippen LogP contribution in [0.4, 0.5) is 5.69 Å². The summed E-state index contributed by atoms with van der Waals surface area (Å²) in [5.41, 5.74) is 4.59. The van der Waals surface area contributed by atoms with Crippen LogP contribution >= 0.6 is 0 Å². The van der Waals surface area contributed by atoms with Crippen molar-refractivity contribution in [1.29, 1.82) is 0 Å². The van der Waals surface area contributed by atoms with Crippen molar-refractivity contribution in [2.45, 2.75) is 13.0 Å². The fourth-order valence-electron chi connectivity index (χ4n) is 3.26. The number of rotatable bonds is 3. The van der Waals surface area contributed by atoms with Gasteiger partial charge in [0.05, 0.1) is 0 Å². The Labute approximate surface area is 141 Å². The molecule has 4 rings (SSSR count). The number of hydrogen-bond acceptors (Lipinski definition) is 1. The quantitative estimate of drug-likeness (QED) is 0.681. The van der Waals surface area contributed by atoms with Gasteiger partial charge in [0.2, 0.25) is 6.54 Å². The van der Waals surface area contributed by atoms with E-state index in [-0.39, 0.29) is 5.91 Å². The van der Waals surface area contributed by atoms with Crippen LogP contribution in [0.3, 0.4) is 0 Å². The second-order valence-corrected chi connectivity index (χ2v) is 6.06. The zero-order chi connectivity index (χ0) is 16.4. The average molecular weight is 315 g/mol. The largest absolute Gasteiger partial charge is 0.306 e. The summed E-state index contributed by atoms with van der Waals surface area (Å²) in [5, 5.41) is 0. The summed E-state index contributed by atoms with van der Waals surface area (Å²) in [6.07, 6.45) is 4.93. The molecular formula is C21H19N2O+. The van der Waals surface area contributed by atoms with Gasteiger partial charge < -0.3 is 4.90 Å². The Bertz CT molecular complexity index is 874. The maximum Gasteiger partial charge on any atom is 0.292 e. The zero-order valence-corrected chi connectivity index (χ0v) is 13.4. The van der Waals surface area contributed by atoms with Crippen molar-refractivity contribution in [3.8, 4) is 11.1 Å². The van der Waals surface area contributed by atoms with E-state index in [9.17, 15) is 4.79 Å². The number of aromatic nitrogens is 1. The molecule has 0 spiro atoms. The van der Waals surface area contributed by atoms with Gasteiger partial charge in [-0.15, -0.1) is 0 Å². The molecular weight excluding hydrogens is 296 g/mol. The standard InChI is InChI=1S/C21H19N2O/c24-21(23-14-12-18-9-4-5-11-20(18)23)16-22-13-6-10-19(15-22)17-7-2-1-3-8-17/h1-11,13,15H,12,14,16H2/q+1. The number of para-hydroxylation sites is 1. The molecule has 24 heavy (non-hydrogen) atoms. The van der Waals surface area contributed by atoms with Crippen molar-refractivity contribution in [1.82, 2.24) is 0 Å². The molecule has 3 heteroatoms. The lowest BCUT2D eigenvalue weighted by molar-refractivity contribution is -0.683. The van der Waals surface area contributed by atoms with Crippen molar-refractivity contribution in [2.24, 2.45) is 0 Å². The van der Waals surface area contributed by atoms with Crippen LogP contribution < -0.4 is 9.47 Å². The SMILES string of the molecule is O=C(C[n+]1cccc(-c2ccccc2)c1)N1CCc2ccccc21. The average Bonchev–Trinajstić information content (AvgIpc) is 3.07. The molecule has 0 atom stereocenters. The van der Waals surface area contributed by atoms with Gasteiger partial charge in [0.15, 0.2) is 12.4 Å². The fourth-order valence-corrected chi connectivity index (χ4v) is 3.26. The highest BCUT2D eigenvalue weighted by atomic mass is 16.2. The van der Waals surface area contributed by atoms with Gasteiger partial charge in [-0.05, 0) is 29.7 Å². The van der Waals surface area contributed by atoms with Gasteiger partial charge in [0.1, 0.15) is 0 Å².